The Morgan fingerprint density at radius 2 is 1.72 bits per heavy atom. The number of likely N-dealkylation sites (N-methyl/N-ethyl adjacent to an activating group) is 1. The molecule has 0 heterocycles. The zero-order valence-corrected chi connectivity index (χ0v) is 10.6. The molecule has 0 aliphatic carbocycles. The van der Waals surface area contributed by atoms with E-state index in [0.29, 0.717) is 13.1 Å². The van der Waals surface area contributed by atoms with Crippen molar-refractivity contribution in [1.82, 2.24) is 15.5 Å². The first-order chi connectivity index (χ1) is 8.21. The fraction of sp³-hybridized carbons (Fsp3) is 0.800. The van der Waals surface area contributed by atoms with Crippen molar-refractivity contribution in [3.05, 3.63) is 0 Å². The number of urea groups is 1. The zero-order chi connectivity index (χ0) is 14.3. The molecule has 0 aliphatic heterocycles. The van der Waals surface area contributed by atoms with Crippen molar-refractivity contribution in [2.24, 2.45) is 0 Å². The predicted molar refractivity (Wildman–Crippen MR) is 60.0 cm³/mol. The van der Waals surface area contributed by atoms with Crippen LogP contribution in [0.3, 0.4) is 0 Å². The van der Waals surface area contributed by atoms with Crippen LogP contribution in [0.2, 0.25) is 0 Å². The van der Waals surface area contributed by atoms with E-state index in [1.54, 1.807) is 19.2 Å². The molecular formula is C10H18F3N3O2. The summed E-state index contributed by atoms with van der Waals surface area (Å²) in [7, 11) is 0. The molecule has 1 unspecified atom stereocenters. The standard InChI is InChI=1S/C10H18F3N3O2/c1-4-16(5-2)8(17)7(3)15-9(18)14-6-10(11,12)13/h7H,4-6H2,1-3H3,(H2,14,15,18). The summed E-state index contributed by atoms with van der Waals surface area (Å²) >= 11 is 0. The molecule has 0 aromatic carbocycles. The second-order valence-corrected chi connectivity index (χ2v) is 3.67. The van der Waals surface area contributed by atoms with Crippen LogP contribution < -0.4 is 10.6 Å². The normalized spacial score (nSPS) is 12.8. The lowest BCUT2D eigenvalue weighted by molar-refractivity contribution is -0.132. The van der Waals surface area contributed by atoms with Crippen molar-refractivity contribution in [3.63, 3.8) is 0 Å². The summed E-state index contributed by atoms with van der Waals surface area (Å²) in [6, 6.07) is -1.88. The van der Waals surface area contributed by atoms with Gasteiger partial charge in [-0.15, -0.1) is 0 Å². The van der Waals surface area contributed by atoms with Crippen LogP contribution in [-0.4, -0.2) is 48.7 Å². The van der Waals surface area contributed by atoms with Gasteiger partial charge in [-0.1, -0.05) is 0 Å². The van der Waals surface area contributed by atoms with E-state index in [9.17, 15) is 22.8 Å². The molecule has 106 valence electrons. The van der Waals surface area contributed by atoms with Gasteiger partial charge in [-0.05, 0) is 20.8 Å². The van der Waals surface area contributed by atoms with Gasteiger partial charge in [0.25, 0.3) is 0 Å². The first kappa shape index (κ1) is 16.5. The number of alkyl halides is 3. The van der Waals surface area contributed by atoms with Gasteiger partial charge in [0.15, 0.2) is 0 Å². The van der Waals surface area contributed by atoms with Crippen molar-refractivity contribution in [1.29, 1.82) is 0 Å². The summed E-state index contributed by atoms with van der Waals surface area (Å²) in [5, 5.41) is 3.80. The average Bonchev–Trinajstić information content (AvgIpc) is 2.27. The Labute approximate surface area is 104 Å². The number of carbonyl (C=O) groups excluding carboxylic acids is 2. The molecular weight excluding hydrogens is 251 g/mol. The molecule has 0 saturated carbocycles. The number of hydrogen-bond donors (Lipinski definition) is 2. The lowest BCUT2D eigenvalue weighted by atomic mass is 10.3. The van der Waals surface area contributed by atoms with E-state index in [0.717, 1.165) is 0 Å². The van der Waals surface area contributed by atoms with E-state index < -0.39 is 24.8 Å². The Hall–Kier alpha value is -1.47. The van der Waals surface area contributed by atoms with Crippen LogP contribution in [0.4, 0.5) is 18.0 Å². The quantitative estimate of drug-likeness (QED) is 0.785. The number of carbonyl (C=O) groups is 2. The van der Waals surface area contributed by atoms with Gasteiger partial charge in [-0.25, -0.2) is 4.79 Å². The monoisotopic (exact) mass is 269 g/mol. The van der Waals surface area contributed by atoms with Crippen LogP contribution in [-0.2, 0) is 4.79 Å². The summed E-state index contributed by atoms with van der Waals surface area (Å²) in [5.41, 5.74) is 0. The lowest BCUT2D eigenvalue weighted by Crippen LogP contribution is -2.51. The Morgan fingerprint density at radius 3 is 2.11 bits per heavy atom. The molecule has 1 atom stereocenters. The highest BCUT2D eigenvalue weighted by Crippen LogP contribution is 2.11. The second-order valence-electron chi connectivity index (χ2n) is 3.67. The molecule has 0 aromatic rings. The smallest absolute Gasteiger partial charge is 0.341 e. The number of halogens is 3. The number of rotatable bonds is 5. The molecule has 0 aromatic heterocycles. The van der Waals surface area contributed by atoms with E-state index in [1.807, 2.05) is 0 Å². The SMILES string of the molecule is CCN(CC)C(=O)C(C)NC(=O)NCC(F)(F)F. The number of nitrogens with zero attached hydrogens (tertiary/aromatic N) is 1. The molecule has 0 aliphatic rings. The molecule has 0 radical (unpaired) electrons. The Bertz CT molecular complexity index is 291. The average molecular weight is 269 g/mol. The highest BCUT2D eigenvalue weighted by Gasteiger charge is 2.28. The minimum absolute atomic E-state index is 0.331. The summed E-state index contributed by atoms with van der Waals surface area (Å²) in [4.78, 5) is 24.3. The predicted octanol–water partition coefficient (Wildman–Crippen LogP) is 1.10. The molecule has 0 fully saturated rings. The molecule has 2 N–H and O–H groups in total. The maximum atomic E-state index is 11.8. The molecule has 5 nitrogen and oxygen atoms in total. The number of amides is 3. The molecule has 0 rings (SSSR count). The number of hydrogen-bond acceptors (Lipinski definition) is 2. The Kier molecular flexibility index (Phi) is 6.50. The molecule has 8 heteroatoms. The Balaban J connectivity index is 4.19. The lowest BCUT2D eigenvalue weighted by Gasteiger charge is -2.23. The largest absolute Gasteiger partial charge is 0.405 e. The third kappa shape index (κ3) is 6.31. The van der Waals surface area contributed by atoms with Gasteiger partial charge in [-0.3, -0.25) is 4.79 Å². The summed E-state index contributed by atoms with van der Waals surface area (Å²) < 4.78 is 35.5. The molecule has 3 amide bonds. The van der Waals surface area contributed by atoms with Crippen LogP contribution in [0.1, 0.15) is 20.8 Å². The van der Waals surface area contributed by atoms with Gasteiger partial charge >= 0.3 is 12.2 Å². The van der Waals surface area contributed by atoms with E-state index in [1.165, 1.54) is 11.8 Å². The van der Waals surface area contributed by atoms with Crippen LogP contribution in [0, 0.1) is 0 Å². The van der Waals surface area contributed by atoms with Gasteiger partial charge < -0.3 is 15.5 Å². The van der Waals surface area contributed by atoms with Crippen molar-refractivity contribution in [3.8, 4) is 0 Å². The minimum atomic E-state index is -4.47. The van der Waals surface area contributed by atoms with Crippen LogP contribution in [0.15, 0.2) is 0 Å². The first-order valence-electron chi connectivity index (χ1n) is 5.61. The molecule has 18 heavy (non-hydrogen) atoms. The fourth-order valence-corrected chi connectivity index (χ4v) is 1.30. The third-order valence-corrected chi connectivity index (χ3v) is 2.24. The maximum Gasteiger partial charge on any atom is 0.405 e. The van der Waals surface area contributed by atoms with Gasteiger partial charge in [0.2, 0.25) is 5.91 Å². The topological polar surface area (TPSA) is 61.4 Å². The molecule has 0 spiro atoms. The first-order valence-corrected chi connectivity index (χ1v) is 5.61. The van der Waals surface area contributed by atoms with Crippen molar-refractivity contribution >= 4 is 11.9 Å². The number of nitrogens with one attached hydrogen (secondary N) is 2. The fourth-order valence-electron chi connectivity index (χ4n) is 1.30. The summed E-state index contributed by atoms with van der Waals surface area (Å²) in [5.74, 6) is -0.331. The van der Waals surface area contributed by atoms with Gasteiger partial charge in [0.05, 0.1) is 0 Å². The third-order valence-electron chi connectivity index (χ3n) is 2.24. The highest BCUT2D eigenvalue weighted by atomic mass is 19.4. The highest BCUT2D eigenvalue weighted by molar-refractivity contribution is 5.86. The zero-order valence-electron chi connectivity index (χ0n) is 10.6. The van der Waals surface area contributed by atoms with E-state index in [2.05, 4.69) is 5.32 Å². The van der Waals surface area contributed by atoms with E-state index >= 15 is 0 Å². The van der Waals surface area contributed by atoms with E-state index in [-0.39, 0.29) is 5.91 Å². The summed E-state index contributed by atoms with van der Waals surface area (Å²) in [6.45, 7) is 4.51. The molecule has 0 bridgehead atoms. The van der Waals surface area contributed by atoms with Crippen LogP contribution >= 0.6 is 0 Å². The van der Waals surface area contributed by atoms with Crippen molar-refractivity contribution in [2.75, 3.05) is 19.6 Å². The van der Waals surface area contributed by atoms with Crippen LogP contribution in [0.5, 0.6) is 0 Å². The van der Waals surface area contributed by atoms with Gasteiger partial charge in [-0.2, -0.15) is 13.2 Å². The van der Waals surface area contributed by atoms with Gasteiger partial charge in [0, 0.05) is 13.1 Å². The van der Waals surface area contributed by atoms with Crippen molar-refractivity contribution in [2.45, 2.75) is 33.0 Å². The van der Waals surface area contributed by atoms with Gasteiger partial charge in [0.1, 0.15) is 12.6 Å². The second kappa shape index (κ2) is 7.07. The van der Waals surface area contributed by atoms with Crippen molar-refractivity contribution < 1.29 is 22.8 Å². The minimum Gasteiger partial charge on any atom is -0.341 e. The van der Waals surface area contributed by atoms with Crippen LogP contribution in [0.25, 0.3) is 0 Å². The summed E-state index contributed by atoms with van der Waals surface area (Å²) in [6.07, 6.45) is -4.47. The Morgan fingerprint density at radius 1 is 1.22 bits per heavy atom. The van der Waals surface area contributed by atoms with E-state index in [4.69, 9.17) is 0 Å². The molecule has 0 saturated heterocycles. The maximum absolute atomic E-state index is 11.8.